The Hall–Kier alpha value is -3.26. The van der Waals surface area contributed by atoms with Gasteiger partial charge in [-0.25, -0.2) is 17.5 Å². The number of hydrogen-bond donors (Lipinski definition) is 0. The maximum absolute atomic E-state index is 13.5. The maximum Gasteiger partial charge on any atom is 0.246 e. The first-order chi connectivity index (χ1) is 16.4. The number of nitrogens with zero attached hydrogens (tertiary/aromatic N) is 3. The molecule has 0 aliphatic carbocycles. The Morgan fingerprint density at radius 1 is 1.18 bits per heavy atom. The predicted molar refractivity (Wildman–Crippen MR) is 132 cm³/mol. The summed E-state index contributed by atoms with van der Waals surface area (Å²) in [5.41, 5.74) is 2.92. The molecule has 3 aromatic rings. The third-order valence-corrected chi connectivity index (χ3v) is 7.72. The summed E-state index contributed by atoms with van der Waals surface area (Å²) in [5, 5.41) is 4.69. The van der Waals surface area contributed by atoms with Crippen molar-refractivity contribution in [3.63, 3.8) is 0 Å². The van der Waals surface area contributed by atoms with Gasteiger partial charge in [-0.15, -0.1) is 0 Å². The van der Waals surface area contributed by atoms with E-state index in [0.717, 1.165) is 24.1 Å². The van der Waals surface area contributed by atoms with E-state index < -0.39 is 9.84 Å². The van der Waals surface area contributed by atoms with Crippen LogP contribution in [0.1, 0.15) is 31.7 Å². The summed E-state index contributed by atoms with van der Waals surface area (Å²) in [6, 6.07) is 15.4. The van der Waals surface area contributed by atoms with Crippen molar-refractivity contribution < 1.29 is 17.6 Å². The lowest BCUT2D eigenvalue weighted by Gasteiger charge is -2.27. The Morgan fingerprint density at radius 3 is 2.56 bits per heavy atom. The summed E-state index contributed by atoms with van der Waals surface area (Å²) in [6.45, 7) is 2.56. The number of halogens is 1. The van der Waals surface area contributed by atoms with Crippen LogP contribution in [0.25, 0.3) is 23.0 Å². The molecule has 1 fully saturated rings. The van der Waals surface area contributed by atoms with Crippen LogP contribution in [0.4, 0.5) is 4.39 Å². The third kappa shape index (κ3) is 5.62. The highest BCUT2D eigenvalue weighted by molar-refractivity contribution is 7.91. The van der Waals surface area contributed by atoms with Crippen molar-refractivity contribution in [3.05, 3.63) is 78.3 Å². The van der Waals surface area contributed by atoms with Crippen LogP contribution in [0.5, 0.6) is 0 Å². The summed E-state index contributed by atoms with van der Waals surface area (Å²) in [6.07, 6.45) is 7.21. The van der Waals surface area contributed by atoms with Crippen molar-refractivity contribution >= 4 is 21.8 Å². The number of amides is 1. The number of unbranched alkanes of at least 4 members (excludes halogenated alkanes) is 1. The smallest absolute Gasteiger partial charge is 0.246 e. The van der Waals surface area contributed by atoms with Crippen molar-refractivity contribution in [2.45, 2.75) is 32.2 Å². The number of carbonyl (C=O) groups excluding carboxylic acids is 1. The highest BCUT2D eigenvalue weighted by Crippen LogP contribution is 2.26. The fraction of sp³-hybridized carbons (Fsp3) is 0.308. The molecule has 1 amide bonds. The molecule has 1 aliphatic heterocycles. The van der Waals surface area contributed by atoms with Gasteiger partial charge >= 0.3 is 0 Å². The molecule has 4 rings (SSSR count). The second-order valence-corrected chi connectivity index (χ2v) is 10.7. The van der Waals surface area contributed by atoms with E-state index in [1.165, 1.54) is 18.2 Å². The summed E-state index contributed by atoms with van der Waals surface area (Å²) >= 11 is 0. The first-order valence-corrected chi connectivity index (χ1v) is 13.3. The largest absolute Gasteiger partial charge is 0.335 e. The molecular weight excluding hydrogens is 453 g/mol. The number of para-hydroxylation sites is 1. The number of hydrogen-bond acceptors (Lipinski definition) is 4. The molecule has 34 heavy (non-hydrogen) atoms. The lowest BCUT2D eigenvalue weighted by atomic mass is 10.1. The topological polar surface area (TPSA) is 72.3 Å². The molecule has 1 aromatic heterocycles. The molecule has 2 heterocycles. The Kier molecular flexibility index (Phi) is 7.26. The Balaban J connectivity index is 1.65. The zero-order valence-corrected chi connectivity index (χ0v) is 19.9. The summed E-state index contributed by atoms with van der Waals surface area (Å²) in [5.74, 6) is -0.413. The van der Waals surface area contributed by atoms with Crippen LogP contribution in [-0.4, -0.2) is 53.1 Å². The average molecular weight is 482 g/mol. The molecule has 1 unspecified atom stereocenters. The van der Waals surface area contributed by atoms with Gasteiger partial charge in [0.25, 0.3) is 0 Å². The van der Waals surface area contributed by atoms with Gasteiger partial charge in [-0.1, -0.05) is 31.5 Å². The highest BCUT2D eigenvalue weighted by atomic mass is 32.2. The van der Waals surface area contributed by atoms with E-state index in [1.807, 2.05) is 43.5 Å². The van der Waals surface area contributed by atoms with Crippen molar-refractivity contribution in [1.82, 2.24) is 14.7 Å². The molecule has 1 aliphatic rings. The zero-order valence-electron chi connectivity index (χ0n) is 19.1. The van der Waals surface area contributed by atoms with E-state index >= 15 is 0 Å². The van der Waals surface area contributed by atoms with Gasteiger partial charge in [-0.05, 0) is 55.3 Å². The van der Waals surface area contributed by atoms with Gasteiger partial charge in [0.05, 0.1) is 22.9 Å². The zero-order chi connectivity index (χ0) is 24.1. The molecule has 1 saturated heterocycles. The van der Waals surface area contributed by atoms with Crippen LogP contribution in [0, 0.1) is 5.82 Å². The lowest BCUT2D eigenvalue weighted by molar-refractivity contribution is -0.127. The van der Waals surface area contributed by atoms with Crippen LogP contribution >= 0.6 is 0 Å². The van der Waals surface area contributed by atoms with E-state index in [9.17, 15) is 17.6 Å². The monoisotopic (exact) mass is 481 g/mol. The van der Waals surface area contributed by atoms with Crippen molar-refractivity contribution in [3.8, 4) is 16.9 Å². The van der Waals surface area contributed by atoms with E-state index in [0.29, 0.717) is 24.2 Å². The minimum absolute atomic E-state index is 0.0169. The first kappa shape index (κ1) is 23.9. The van der Waals surface area contributed by atoms with Crippen LogP contribution in [-0.2, 0) is 14.6 Å². The molecule has 6 nitrogen and oxygen atoms in total. The second kappa shape index (κ2) is 10.3. The second-order valence-electron chi connectivity index (χ2n) is 8.50. The van der Waals surface area contributed by atoms with Crippen LogP contribution < -0.4 is 0 Å². The maximum atomic E-state index is 13.5. The molecule has 1 atom stereocenters. The standard InChI is InChI=1S/C26H28FN3O3S/c1-2-3-16-29(24-15-17-34(32,33)19-24)25(31)14-11-21-18-30(23-7-5-4-6-8-23)28-26(21)20-9-12-22(27)13-10-20/h4-14,18,24H,2-3,15-17,19H2,1H3/b14-11+. The number of aromatic nitrogens is 2. The summed E-state index contributed by atoms with van der Waals surface area (Å²) in [4.78, 5) is 14.8. The molecule has 0 saturated carbocycles. The summed E-state index contributed by atoms with van der Waals surface area (Å²) < 4.78 is 39.2. The van der Waals surface area contributed by atoms with Gasteiger partial charge in [-0.3, -0.25) is 4.79 Å². The number of benzene rings is 2. The molecule has 0 N–H and O–H groups in total. The molecule has 2 aromatic carbocycles. The minimum Gasteiger partial charge on any atom is -0.335 e. The molecule has 8 heteroatoms. The van der Waals surface area contributed by atoms with E-state index in [1.54, 1.807) is 27.8 Å². The van der Waals surface area contributed by atoms with Gasteiger partial charge in [0.1, 0.15) is 5.82 Å². The molecule has 0 radical (unpaired) electrons. The van der Waals surface area contributed by atoms with Gasteiger partial charge in [0.15, 0.2) is 9.84 Å². The van der Waals surface area contributed by atoms with Gasteiger partial charge < -0.3 is 4.90 Å². The van der Waals surface area contributed by atoms with Crippen molar-refractivity contribution in [2.75, 3.05) is 18.1 Å². The van der Waals surface area contributed by atoms with Crippen LogP contribution in [0.2, 0.25) is 0 Å². The molecular formula is C26H28FN3O3S. The predicted octanol–water partition coefficient (Wildman–Crippen LogP) is 4.51. The lowest BCUT2D eigenvalue weighted by Crippen LogP contribution is -2.40. The van der Waals surface area contributed by atoms with E-state index in [2.05, 4.69) is 5.10 Å². The Labute approximate surface area is 199 Å². The van der Waals surface area contributed by atoms with Gasteiger partial charge in [0, 0.05) is 36.0 Å². The van der Waals surface area contributed by atoms with Gasteiger partial charge in [-0.2, -0.15) is 5.10 Å². The van der Waals surface area contributed by atoms with Gasteiger partial charge in [0.2, 0.25) is 5.91 Å². The fourth-order valence-electron chi connectivity index (χ4n) is 4.13. The SMILES string of the molecule is CCCCN(C(=O)/C=C/c1cn(-c2ccccc2)nc1-c1ccc(F)cc1)C1CCS(=O)(=O)C1. The van der Waals surface area contributed by atoms with Crippen molar-refractivity contribution in [2.24, 2.45) is 0 Å². The van der Waals surface area contributed by atoms with Crippen molar-refractivity contribution in [1.29, 1.82) is 0 Å². The minimum atomic E-state index is -3.10. The Morgan fingerprint density at radius 2 is 1.91 bits per heavy atom. The average Bonchev–Trinajstić information content (AvgIpc) is 3.42. The van der Waals surface area contributed by atoms with Crippen LogP contribution in [0.15, 0.2) is 66.9 Å². The number of rotatable bonds is 8. The highest BCUT2D eigenvalue weighted by Gasteiger charge is 2.33. The summed E-state index contributed by atoms with van der Waals surface area (Å²) in [7, 11) is -3.10. The van der Waals surface area contributed by atoms with Crippen LogP contribution in [0.3, 0.4) is 0 Å². The first-order valence-electron chi connectivity index (χ1n) is 11.5. The fourth-order valence-corrected chi connectivity index (χ4v) is 5.86. The van der Waals surface area contributed by atoms with E-state index in [-0.39, 0.29) is 29.3 Å². The normalized spacial score (nSPS) is 17.3. The Bertz CT molecular complexity index is 1270. The quantitative estimate of drug-likeness (QED) is 0.444. The molecule has 178 valence electrons. The number of sulfone groups is 1. The molecule has 0 spiro atoms. The number of carbonyl (C=O) groups is 1. The third-order valence-electron chi connectivity index (χ3n) is 5.97. The molecule has 0 bridgehead atoms. The van der Waals surface area contributed by atoms with E-state index in [4.69, 9.17) is 0 Å².